The van der Waals surface area contributed by atoms with E-state index in [0.29, 0.717) is 30.8 Å². The lowest BCUT2D eigenvalue weighted by molar-refractivity contribution is -0.144. The number of carbonyl (C=O) groups is 4. The third kappa shape index (κ3) is 5.04. The second kappa shape index (κ2) is 10.8. The average molecular weight is 460 g/mol. The van der Waals surface area contributed by atoms with Crippen molar-refractivity contribution in [1.82, 2.24) is 15.1 Å². The zero-order chi connectivity index (χ0) is 23.3. The van der Waals surface area contributed by atoms with Gasteiger partial charge in [0.1, 0.15) is 6.04 Å². The molecule has 1 aromatic rings. The third-order valence-electron chi connectivity index (χ3n) is 6.18. The van der Waals surface area contributed by atoms with E-state index in [0.717, 1.165) is 5.56 Å². The SMILES string of the molecule is CCNC(=O)C(CC)N(Cc1ccccc1Cl)C(=O)CCN1C(=O)[C@H]2CC=CC[C@H]2C1=O. The normalized spacial score (nSPS) is 20.8. The number of halogens is 1. The van der Waals surface area contributed by atoms with Crippen LogP contribution in [0.15, 0.2) is 36.4 Å². The molecule has 1 aliphatic heterocycles. The lowest BCUT2D eigenvalue weighted by Gasteiger charge is -2.31. The predicted molar refractivity (Wildman–Crippen MR) is 121 cm³/mol. The predicted octanol–water partition coefficient (Wildman–Crippen LogP) is 2.92. The Labute approximate surface area is 193 Å². The van der Waals surface area contributed by atoms with Gasteiger partial charge in [0.2, 0.25) is 23.6 Å². The summed E-state index contributed by atoms with van der Waals surface area (Å²) >= 11 is 6.31. The van der Waals surface area contributed by atoms with Gasteiger partial charge in [-0.05, 0) is 37.8 Å². The Morgan fingerprint density at radius 1 is 1.12 bits per heavy atom. The second-order valence-corrected chi connectivity index (χ2v) is 8.57. The molecule has 1 saturated heterocycles. The lowest BCUT2D eigenvalue weighted by Crippen LogP contribution is -2.49. The smallest absolute Gasteiger partial charge is 0.242 e. The maximum absolute atomic E-state index is 13.3. The molecule has 8 heteroatoms. The number of allylic oxidation sites excluding steroid dienone is 2. The zero-order valence-corrected chi connectivity index (χ0v) is 19.3. The van der Waals surface area contributed by atoms with Crippen LogP contribution in [0.3, 0.4) is 0 Å². The van der Waals surface area contributed by atoms with Crippen molar-refractivity contribution < 1.29 is 19.2 Å². The summed E-state index contributed by atoms with van der Waals surface area (Å²) in [5.74, 6) is -1.57. The molecule has 0 bridgehead atoms. The summed E-state index contributed by atoms with van der Waals surface area (Å²) in [4.78, 5) is 54.1. The Morgan fingerprint density at radius 3 is 2.31 bits per heavy atom. The first-order valence-corrected chi connectivity index (χ1v) is 11.6. The molecule has 32 heavy (non-hydrogen) atoms. The molecule has 3 rings (SSSR count). The van der Waals surface area contributed by atoms with E-state index >= 15 is 0 Å². The Hall–Kier alpha value is -2.67. The van der Waals surface area contributed by atoms with E-state index in [1.165, 1.54) is 9.80 Å². The molecule has 1 heterocycles. The van der Waals surface area contributed by atoms with Crippen molar-refractivity contribution in [2.45, 2.75) is 52.1 Å². The number of amides is 4. The first-order valence-electron chi connectivity index (χ1n) is 11.2. The summed E-state index contributed by atoms with van der Waals surface area (Å²) in [5, 5.41) is 3.30. The highest BCUT2D eigenvalue weighted by Crippen LogP contribution is 2.35. The zero-order valence-electron chi connectivity index (χ0n) is 18.6. The Balaban J connectivity index is 1.76. The molecular formula is C24H30ClN3O4. The highest BCUT2D eigenvalue weighted by atomic mass is 35.5. The van der Waals surface area contributed by atoms with Gasteiger partial charge in [-0.15, -0.1) is 0 Å². The summed E-state index contributed by atoms with van der Waals surface area (Å²) in [7, 11) is 0. The van der Waals surface area contributed by atoms with Gasteiger partial charge < -0.3 is 10.2 Å². The first kappa shape index (κ1) is 24.0. The van der Waals surface area contributed by atoms with Gasteiger partial charge in [0.05, 0.1) is 11.8 Å². The van der Waals surface area contributed by atoms with Gasteiger partial charge in [0.25, 0.3) is 0 Å². The molecule has 172 valence electrons. The molecule has 0 saturated carbocycles. The number of nitrogens with one attached hydrogen (secondary N) is 1. The summed E-state index contributed by atoms with van der Waals surface area (Å²) in [5.41, 5.74) is 0.732. The fourth-order valence-corrected chi connectivity index (χ4v) is 4.66. The van der Waals surface area contributed by atoms with E-state index in [9.17, 15) is 19.2 Å². The summed E-state index contributed by atoms with van der Waals surface area (Å²) in [6.45, 7) is 4.32. The van der Waals surface area contributed by atoms with Crippen molar-refractivity contribution >= 4 is 35.2 Å². The fraction of sp³-hybridized carbons (Fsp3) is 0.500. The van der Waals surface area contributed by atoms with Crippen molar-refractivity contribution in [2.24, 2.45) is 11.8 Å². The molecule has 1 aliphatic carbocycles. The number of benzene rings is 1. The maximum atomic E-state index is 13.3. The number of fused-ring (bicyclic) bond motifs is 1. The van der Waals surface area contributed by atoms with Crippen LogP contribution in [-0.2, 0) is 25.7 Å². The quantitative estimate of drug-likeness (QED) is 0.454. The Morgan fingerprint density at radius 2 is 1.75 bits per heavy atom. The molecular weight excluding hydrogens is 430 g/mol. The van der Waals surface area contributed by atoms with Crippen molar-refractivity contribution in [2.75, 3.05) is 13.1 Å². The molecule has 0 aromatic heterocycles. The standard InChI is InChI=1S/C24H30ClN3O4/c1-3-20(22(30)26-4-2)28(15-16-9-5-8-12-19(16)25)21(29)13-14-27-23(31)17-10-6-7-11-18(17)24(27)32/h5-9,12,17-18,20H,3-4,10-11,13-15H2,1-2H3,(H,26,30)/t17-,18+,20?. The van der Waals surface area contributed by atoms with Crippen molar-refractivity contribution in [1.29, 1.82) is 0 Å². The van der Waals surface area contributed by atoms with E-state index in [1.807, 2.05) is 38.1 Å². The van der Waals surface area contributed by atoms with Crippen LogP contribution in [0.5, 0.6) is 0 Å². The highest BCUT2D eigenvalue weighted by molar-refractivity contribution is 6.31. The Bertz CT molecular complexity index is 890. The van der Waals surface area contributed by atoms with Crippen molar-refractivity contribution in [3.05, 3.63) is 47.0 Å². The molecule has 1 unspecified atom stereocenters. The van der Waals surface area contributed by atoms with Crippen LogP contribution in [0.25, 0.3) is 0 Å². The number of rotatable bonds is 9. The van der Waals surface area contributed by atoms with Gasteiger partial charge >= 0.3 is 0 Å². The summed E-state index contributed by atoms with van der Waals surface area (Å²) in [6.07, 6.45) is 5.39. The lowest BCUT2D eigenvalue weighted by atomic mass is 9.85. The largest absolute Gasteiger partial charge is 0.355 e. The molecule has 0 spiro atoms. The summed E-state index contributed by atoms with van der Waals surface area (Å²) in [6, 6.07) is 6.52. The molecule has 0 radical (unpaired) electrons. The summed E-state index contributed by atoms with van der Waals surface area (Å²) < 4.78 is 0. The third-order valence-corrected chi connectivity index (χ3v) is 6.55. The minimum Gasteiger partial charge on any atom is -0.355 e. The minimum atomic E-state index is -0.671. The number of likely N-dealkylation sites (tertiary alicyclic amines) is 1. The minimum absolute atomic E-state index is 0.0222. The van der Waals surface area contributed by atoms with Crippen LogP contribution in [0.1, 0.15) is 45.1 Å². The number of carbonyl (C=O) groups excluding carboxylic acids is 4. The molecule has 1 N–H and O–H groups in total. The first-order chi connectivity index (χ1) is 15.4. The number of hydrogen-bond acceptors (Lipinski definition) is 4. The second-order valence-electron chi connectivity index (χ2n) is 8.17. The van der Waals surface area contributed by atoms with Crippen molar-refractivity contribution in [3.63, 3.8) is 0 Å². The van der Waals surface area contributed by atoms with Crippen LogP contribution in [0.2, 0.25) is 5.02 Å². The van der Waals surface area contributed by atoms with E-state index in [2.05, 4.69) is 5.32 Å². The van der Waals surface area contributed by atoms with E-state index < -0.39 is 6.04 Å². The Kier molecular flexibility index (Phi) is 8.07. The van der Waals surface area contributed by atoms with E-state index in [4.69, 9.17) is 11.6 Å². The highest BCUT2D eigenvalue weighted by Gasteiger charge is 2.47. The maximum Gasteiger partial charge on any atom is 0.242 e. The van der Waals surface area contributed by atoms with Gasteiger partial charge in [-0.25, -0.2) is 0 Å². The number of hydrogen-bond donors (Lipinski definition) is 1. The number of likely N-dealkylation sites (N-methyl/N-ethyl adjacent to an activating group) is 1. The van der Waals surface area contributed by atoms with Crippen molar-refractivity contribution in [3.8, 4) is 0 Å². The molecule has 1 fully saturated rings. The van der Waals surface area contributed by atoms with E-state index in [-0.39, 0.29) is 55.0 Å². The molecule has 2 aliphatic rings. The van der Waals surface area contributed by atoms with Gasteiger partial charge in [-0.3, -0.25) is 24.1 Å². The van der Waals surface area contributed by atoms with Crippen LogP contribution in [-0.4, -0.2) is 52.6 Å². The molecule has 1 aromatic carbocycles. The van der Waals surface area contributed by atoms with Crippen LogP contribution in [0, 0.1) is 11.8 Å². The van der Waals surface area contributed by atoms with Gasteiger partial charge in [0, 0.05) is 31.1 Å². The topological polar surface area (TPSA) is 86.8 Å². The van der Waals surface area contributed by atoms with Gasteiger partial charge in [0.15, 0.2) is 0 Å². The van der Waals surface area contributed by atoms with Crippen LogP contribution >= 0.6 is 11.6 Å². The molecule has 3 atom stereocenters. The van der Waals surface area contributed by atoms with Gasteiger partial charge in [-0.1, -0.05) is 48.9 Å². The number of imide groups is 1. The molecule has 4 amide bonds. The van der Waals surface area contributed by atoms with E-state index in [1.54, 1.807) is 12.1 Å². The monoisotopic (exact) mass is 459 g/mol. The fourth-order valence-electron chi connectivity index (χ4n) is 4.46. The van der Waals surface area contributed by atoms with Crippen LogP contribution in [0.4, 0.5) is 0 Å². The molecule has 7 nitrogen and oxygen atoms in total. The van der Waals surface area contributed by atoms with Crippen LogP contribution < -0.4 is 5.32 Å². The van der Waals surface area contributed by atoms with Gasteiger partial charge in [-0.2, -0.15) is 0 Å². The number of nitrogens with zero attached hydrogens (tertiary/aromatic N) is 2. The average Bonchev–Trinajstić information content (AvgIpc) is 3.03.